The predicted octanol–water partition coefficient (Wildman–Crippen LogP) is 3.43. The summed E-state index contributed by atoms with van der Waals surface area (Å²) in [6.45, 7) is 0. The molecule has 0 aliphatic heterocycles. The van der Waals surface area contributed by atoms with Crippen LogP contribution in [0, 0.1) is 0 Å². The molecule has 1 aromatic rings. The van der Waals surface area contributed by atoms with Crippen LogP contribution in [0.3, 0.4) is 0 Å². The summed E-state index contributed by atoms with van der Waals surface area (Å²) >= 11 is 3.46. The molecule has 16 heavy (non-hydrogen) atoms. The average molecular weight is 281 g/mol. The minimum absolute atomic E-state index is 0.248. The van der Waals surface area contributed by atoms with Crippen molar-refractivity contribution in [2.45, 2.75) is 18.8 Å². The first-order valence-electron chi connectivity index (χ1n) is 5.22. The highest BCUT2D eigenvalue weighted by Gasteiger charge is 2.25. The standard InChI is InChI=1S/C13H13BrO2/c1-16-13(15)7-9-5-11(6-9)10-3-2-4-12(14)8-10/h2-4,7-8,11H,5-6H2,1H3. The summed E-state index contributed by atoms with van der Waals surface area (Å²) in [7, 11) is 1.41. The molecule has 0 spiro atoms. The molecule has 1 aliphatic rings. The predicted molar refractivity (Wildman–Crippen MR) is 66.2 cm³/mol. The SMILES string of the molecule is COC(=O)C=C1CC(c2cccc(Br)c2)C1. The molecule has 0 amide bonds. The summed E-state index contributed by atoms with van der Waals surface area (Å²) in [4.78, 5) is 11.0. The topological polar surface area (TPSA) is 26.3 Å². The smallest absolute Gasteiger partial charge is 0.330 e. The second kappa shape index (κ2) is 4.83. The van der Waals surface area contributed by atoms with Crippen molar-refractivity contribution in [3.8, 4) is 0 Å². The summed E-state index contributed by atoms with van der Waals surface area (Å²) in [6.07, 6.45) is 3.53. The molecule has 1 fully saturated rings. The molecule has 0 radical (unpaired) electrons. The van der Waals surface area contributed by atoms with Gasteiger partial charge in [-0.15, -0.1) is 0 Å². The summed E-state index contributed by atoms with van der Waals surface area (Å²) in [5.41, 5.74) is 2.51. The van der Waals surface area contributed by atoms with E-state index in [1.54, 1.807) is 6.08 Å². The van der Waals surface area contributed by atoms with E-state index in [4.69, 9.17) is 0 Å². The number of esters is 1. The number of hydrogen-bond acceptors (Lipinski definition) is 2. The fraction of sp³-hybridized carbons (Fsp3) is 0.308. The lowest BCUT2D eigenvalue weighted by Crippen LogP contribution is -2.14. The van der Waals surface area contributed by atoms with Crippen molar-refractivity contribution >= 4 is 21.9 Å². The van der Waals surface area contributed by atoms with Crippen LogP contribution in [-0.2, 0) is 9.53 Å². The number of halogens is 1. The van der Waals surface area contributed by atoms with Crippen LogP contribution in [0.5, 0.6) is 0 Å². The van der Waals surface area contributed by atoms with Gasteiger partial charge < -0.3 is 4.74 Å². The zero-order chi connectivity index (χ0) is 11.5. The van der Waals surface area contributed by atoms with Gasteiger partial charge in [-0.1, -0.05) is 33.6 Å². The zero-order valence-electron chi connectivity index (χ0n) is 9.07. The van der Waals surface area contributed by atoms with Gasteiger partial charge in [-0.05, 0) is 36.5 Å². The highest BCUT2D eigenvalue weighted by molar-refractivity contribution is 9.10. The van der Waals surface area contributed by atoms with E-state index >= 15 is 0 Å². The Morgan fingerprint density at radius 1 is 1.50 bits per heavy atom. The molecule has 0 heterocycles. The van der Waals surface area contributed by atoms with E-state index in [1.807, 2.05) is 12.1 Å². The van der Waals surface area contributed by atoms with Gasteiger partial charge in [0.1, 0.15) is 0 Å². The lowest BCUT2D eigenvalue weighted by Gasteiger charge is -2.29. The van der Waals surface area contributed by atoms with E-state index in [0.29, 0.717) is 5.92 Å². The highest BCUT2D eigenvalue weighted by Crippen LogP contribution is 2.41. The van der Waals surface area contributed by atoms with Crippen molar-refractivity contribution in [3.05, 3.63) is 46.0 Å². The van der Waals surface area contributed by atoms with Crippen molar-refractivity contribution < 1.29 is 9.53 Å². The number of rotatable bonds is 2. The second-order valence-electron chi connectivity index (χ2n) is 3.99. The van der Waals surface area contributed by atoms with Gasteiger partial charge in [-0.3, -0.25) is 0 Å². The Bertz CT molecular complexity index is 429. The van der Waals surface area contributed by atoms with E-state index in [2.05, 4.69) is 32.8 Å². The number of methoxy groups -OCH3 is 1. The number of carbonyl (C=O) groups is 1. The van der Waals surface area contributed by atoms with Gasteiger partial charge in [0.15, 0.2) is 0 Å². The molecule has 0 N–H and O–H groups in total. The molecule has 84 valence electrons. The van der Waals surface area contributed by atoms with E-state index in [-0.39, 0.29) is 5.97 Å². The summed E-state index contributed by atoms with van der Waals surface area (Å²) in [6, 6.07) is 8.33. The molecule has 0 unspecified atom stereocenters. The molecule has 1 saturated carbocycles. The number of carbonyl (C=O) groups excluding carboxylic acids is 1. The summed E-state index contributed by atoms with van der Waals surface area (Å²) in [5, 5.41) is 0. The highest BCUT2D eigenvalue weighted by atomic mass is 79.9. The first-order valence-corrected chi connectivity index (χ1v) is 6.01. The van der Waals surface area contributed by atoms with Crippen molar-refractivity contribution in [1.82, 2.24) is 0 Å². The van der Waals surface area contributed by atoms with Gasteiger partial charge in [0, 0.05) is 10.5 Å². The van der Waals surface area contributed by atoms with Gasteiger partial charge in [-0.2, -0.15) is 0 Å². The maximum Gasteiger partial charge on any atom is 0.330 e. The maximum absolute atomic E-state index is 11.0. The van der Waals surface area contributed by atoms with Crippen molar-refractivity contribution in [2.75, 3.05) is 7.11 Å². The first kappa shape index (κ1) is 11.4. The van der Waals surface area contributed by atoms with Crippen LogP contribution in [0.2, 0.25) is 0 Å². The van der Waals surface area contributed by atoms with Crippen molar-refractivity contribution in [2.24, 2.45) is 0 Å². The minimum Gasteiger partial charge on any atom is -0.466 e. The largest absolute Gasteiger partial charge is 0.466 e. The van der Waals surface area contributed by atoms with E-state index in [9.17, 15) is 4.79 Å². The first-order chi connectivity index (χ1) is 7.69. The lowest BCUT2D eigenvalue weighted by atomic mass is 9.75. The number of benzene rings is 1. The van der Waals surface area contributed by atoms with Gasteiger partial charge in [0.2, 0.25) is 0 Å². The minimum atomic E-state index is -0.248. The molecule has 0 aromatic heterocycles. The third-order valence-corrected chi connectivity index (χ3v) is 3.35. The fourth-order valence-corrected chi connectivity index (χ4v) is 2.33. The molecular weight excluding hydrogens is 268 g/mol. The fourth-order valence-electron chi connectivity index (χ4n) is 1.91. The van der Waals surface area contributed by atoms with Crippen LogP contribution in [0.4, 0.5) is 0 Å². The Labute approximate surface area is 103 Å². The molecule has 0 atom stereocenters. The molecule has 0 bridgehead atoms. The van der Waals surface area contributed by atoms with E-state index in [1.165, 1.54) is 18.2 Å². The Morgan fingerprint density at radius 3 is 2.88 bits per heavy atom. The van der Waals surface area contributed by atoms with E-state index < -0.39 is 0 Å². The lowest BCUT2D eigenvalue weighted by molar-refractivity contribution is -0.134. The van der Waals surface area contributed by atoms with Crippen LogP contribution >= 0.6 is 15.9 Å². The van der Waals surface area contributed by atoms with Crippen LogP contribution in [0.1, 0.15) is 24.3 Å². The molecule has 1 aromatic carbocycles. The Hall–Kier alpha value is -1.09. The summed E-state index contributed by atoms with van der Waals surface area (Å²) < 4.78 is 5.70. The molecular formula is C13H13BrO2. The number of ether oxygens (including phenoxy) is 1. The van der Waals surface area contributed by atoms with Gasteiger partial charge in [-0.25, -0.2) is 4.79 Å². The van der Waals surface area contributed by atoms with Crippen LogP contribution in [0.25, 0.3) is 0 Å². The second-order valence-corrected chi connectivity index (χ2v) is 4.90. The molecule has 0 saturated heterocycles. The van der Waals surface area contributed by atoms with Gasteiger partial charge >= 0.3 is 5.97 Å². The Morgan fingerprint density at radius 2 is 2.25 bits per heavy atom. The van der Waals surface area contributed by atoms with Gasteiger partial charge in [0.05, 0.1) is 7.11 Å². The third kappa shape index (κ3) is 2.53. The molecule has 3 heteroatoms. The van der Waals surface area contributed by atoms with Crippen LogP contribution in [-0.4, -0.2) is 13.1 Å². The maximum atomic E-state index is 11.0. The monoisotopic (exact) mass is 280 g/mol. The number of hydrogen-bond donors (Lipinski definition) is 0. The molecule has 2 rings (SSSR count). The molecule has 2 nitrogen and oxygen atoms in total. The van der Waals surface area contributed by atoms with Gasteiger partial charge in [0.25, 0.3) is 0 Å². The Balaban J connectivity index is 1.98. The Kier molecular flexibility index (Phi) is 3.44. The third-order valence-electron chi connectivity index (χ3n) is 2.86. The van der Waals surface area contributed by atoms with E-state index in [0.717, 1.165) is 17.3 Å². The molecule has 1 aliphatic carbocycles. The quantitative estimate of drug-likeness (QED) is 0.613. The van der Waals surface area contributed by atoms with Crippen LogP contribution in [0.15, 0.2) is 40.4 Å². The number of allylic oxidation sites excluding steroid dienone is 1. The van der Waals surface area contributed by atoms with Crippen molar-refractivity contribution in [1.29, 1.82) is 0 Å². The van der Waals surface area contributed by atoms with Crippen molar-refractivity contribution in [3.63, 3.8) is 0 Å². The summed E-state index contributed by atoms with van der Waals surface area (Å²) in [5.74, 6) is 0.302. The normalized spacial score (nSPS) is 18.9. The average Bonchev–Trinajstić information content (AvgIpc) is 2.22. The van der Waals surface area contributed by atoms with Crippen LogP contribution < -0.4 is 0 Å². The zero-order valence-corrected chi connectivity index (χ0v) is 10.7.